The Morgan fingerprint density at radius 3 is 2.67 bits per heavy atom. The van der Waals surface area contributed by atoms with Crippen molar-refractivity contribution in [1.29, 1.82) is 0 Å². The molecule has 1 aromatic rings. The van der Waals surface area contributed by atoms with E-state index in [0.717, 1.165) is 38.2 Å². The van der Waals surface area contributed by atoms with E-state index in [9.17, 15) is 22.4 Å². The van der Waals surface area contributed by atoms with Crippen molar-refractivity contribution in [2.24, 2.45) is 11.8 Å². The van der Waals surface area contributed by atoms with Gasteiger partial charge in [0.15, 0.2) is 11.6 Å². The van der Waals surface area contributed by atoms with E-state index >= 15 is 0 Å². The van der Waals surface area contributed by atoms with E-state index in [2.05, 4.69) is 10.0 Å². The van der Waals surface area contributed by atoms with Gasteiger partial charge in [-0.2, -0.15) is 0 Å². The van der Waals surface area contributed by atoms with Crippen molar-refractivity contribution in [1.82, 2.24) is 10.0 Å². The van der Waals surface area contributed by atoms with E-state index in [1.807, 2.05) is 0 Å². The third-order valence-corrected chi connectivity index (χ3v) is 7.08. The van der Waals surface area contributed by atoms with Crippen LogP contribution in [0.5, 0.6) is 5.75 Å². The fourth-order valence-corrected chi connectivity index (χ4v) is 4.80. The lowest BCUT2D eigenvalue weighted by Gasteiger charge is -2.15. The first-order valence-corrected chi connectivity index (χ1v) is 12.0. The zero-order chi connectivity index (χ0) is 21.7. The van der Waals surface area contributed by atoms with Gasteiger partial charge in [0.2, 0.25) is 21.8 Å². The zero-order valence-corrected chi connectivity index (χ0v) is 18.0. The highest BCUT2D eigenvalue weighted by Crippen LogP contribution is 2.31. The quantitative estimate of drug-likeness (QED) is 0.384. The number of imide groups is 1. The summed E-state index contributed by atoms with van der Waals surface area (Å²) in [6.45, 7) is 2.19. The predicted molar refractivity (Wildman–Crippen MR) is 109 cm³/mol. The molecular formula is C21H29FN2O5S. The van der Waals surface area contributed by atoms with Crippen LogP contribution in [0.3, 0.4) is 0 Å². The Hall–Kier alpha value is -2.00. The Labute approximate surface area is 176 Å². The largest absolute Gasteiger partial charge is 0.490 e. The SMILES string of the molecule is C[C@@H](CCCCCC1CC(=O)NC1=O)NS(=O)(=O)c1ccc(F)c(OCC2CC2)c1. The fraction of sp³-hybridized carbons (Fsp3) is 0.619. The molecule has 2 fully saturated rings. The van der Waals surface area contributed by atoms with Gasteiger partial charge >= 0.3 is 0 Å². The smallest absolute Gasteiger partial charge is 0.240 e. The number of unbranched alkanes of at least 4 members (excludes halogenated alkanes) is 2. The fourth-order valence-electron chi connectivity index (χ4n) is 3.50. The summed E-state index contributed by atoms with van der Waals surface area (Å²) in [5.74, 6) is -0.808. The average molecular weight is 441 g/mol. The lowest BCUT2D eigenvalue weighted by molar-refractivity contribution is -0.125. The van der Waals surface area contributed by atoms with Gasteiger partial charge in [0.1, 0.15) is 0 Å². The van der Waals surface area contributed by atoms with Crippen molar-refractivity contribution in [3.8, 4) is 5.75 Å². The molecule has 2 N–H and O–H groups in total. The van der Waals surface area contributed by atoms with E-state index in [0.29, 0.717) is 25.4 Å². The van der Waals surface area contributed by atoms with Crippen LogP contribution >= 0.6 is 0 Å². The lowest BCUT2D eigenvalue weighted by atomic mass is 9.99. The highest BCUT2D eigenvalue weighted by molar-refractivity contribution is 7.89. The molecule has 7 nitrogen and oxygen atoms in total. The predicted octanol–water partition coefficient (Wildman–Crippen LogP) is 2.89. The number of ether oxygens (including phenoxy) is 1. The molecule has 9 heteroatoms. The van der Waals surface area contributed by atoms with Crippen molar-refractivity contribution < 1.29 is 27.1 Å². The van der Waals surface area contributed by atoms with E-state index in [1.54, 1.807) is 6.92 Å². The molecule has 0 radical (unpaired) electrons. The van der Waals surface area contributed by atoms with Crippen LogP contribution in [-0.4, -0.2) is 32.9 Å². The van der Waals surface area contributed by atoms with Crippen LogP contribution in [0.2, 0.25) is 0 Å². The van der Waals surface area contributed by atoms with Crippen molar-refractivity contribution >= 4 is 21.8 Å². The minimum atomic E-state index is -3.78. The maximum atomic E-state index is 13.9. The summed E-state index contributed by atoms with van der Waals surface area (Å²) in [6.07, 6.45) is 6.14. The van der Waals surface area contributed by atoms with Gasteiger partial charge in [-0.15, -0.1) is 0 Å². The number of rotatable bonds is 12. The second-order valence-electron chi connectivity index (χ2n) is 8.32. The molecular weight excluding hydrogens is 411 g/mol. The van der Waals surface area contributed by atoms with E-state index in [4.69, 9.17) is 4.74 Å². The summed E-state index contributed by atoms with van der Waals surface area (Å²) < 4.78 is 47.2. The number of nitrogens with one attached hydrogen (secondary N) is 2. The Bertz CT molecular complexity index is 885. The van der Waals surface area contributed by atoms with Gasteiger partial charge in [-0.25, -0.2) is 17.5 Å². The number of hydrogen-bond donors (Lipinski definition) is 2. The van der Waals surface area contributed by atoms with Gasteiger partial charge in [0.25, 0.3) is 0 Å². The first-order chi connectivity index (χ1) is 14.2. The Morgan fingerprint density at radius 2 is 2.00 bits per heavy atom. The van der Waals surface area contributed by atoms with Gasteiger partial charge in [0, 0.05) is 24.4 Å². The second kappa shape index (κ2) is 9.87. The second-order valence-corrected chi connectivity index (χ2v) is 10.0. The molecule has 2 amide bonds. The zero-order valence-electron chi connectivity index (χ0n) is 17.2. The molecule has 1 aliphatic carbocycles. The number of amides is 2. The average Bonchev–Trinajstić information content (AvgIpc) is 3.44. The summed E-state index contributed by atoms with van der Waals surface area (Å²) in [6, 6.07) is 3.31. The molecule has 166 valence electrons. The van der Waals surface area contributed by atoms with Crippen LogP contribution in [0, 0.1) is 17.7 Å². The number of halogens is 1. The maximum Gasteiger partial charge on any atom is 0.240 e. The number of benzene rings is 1. The molecule has 1 heterocycles. The molecule has 1 unspecified atom stereocenters. The third-order valence-electron chi connectivity index (χ3n) is 5.50. The molecule has 0 spiro atoms. The number of carbonyl (C=O) groups excluding carboxylic acids is 2. The monoisotopic (exact) mass is 440 g/mol. The Morgan fingerprint density at radius 1 is 1.23 bits per heavy atom. The topological polar surface area (TPSA) is 102 Å². The van der Waals surface area contributed by atoms with Crippen molar-refractivity contribution in [2.75, 3.05) is 6.61 Å². The highest BCUT2D eigenvalue weighted by atomic mass is 32.2. The maximum absolute atomic E-state index is 13.9. The van der Waals surface area contributed by atoms with E-state index in [-0.39, 0.29) is 40.8 Å². The molecule has 2 aliphatic rings. The van der Waals surface area contributed by atoms with Crippen molar-refractivity contribution in [3.63, 3.8) is 0 Å². The summed E-state index contributed by atoms with van der Waals surface area (Å²) in [5, 5.41) is 2.30. The van der Waals surface area contributed by atoms with Crippen LogP contribution < -0.4 is 14.8 Å². The molecule has 1 saturated carbocycles. The van der Waals surface area contributed by atoms with Crippen LogP contribution in [0.1, 0.15) is 58.3 Å². The van der Waals surface area contributed by atoms with Crippen LogP contribution in [0.15, 0.2) is 23.1 Å². The first-order valence-electron chi connectivity index (χ1n) is 10.5. The van der Waals surface area contributed by atoms with Gasteiger partial charge in [-0.05, 0) is 50.7 Å². The van der Waals surface area contributed by atoms with Crippen molar-refractivity contribution in [3.05, 3.63) is 24.0 Å². The molecule has 1 aromatic carbocycles. The van der Waals surface area contributed by atoms with E-state index < -0.39 is 15.8 Å². The summed E-state index contributed by atoms with van der Waals surface area (Å²) in [7, 11) is -3.78. The molecule has 2 atom stereocenters. The highest BCUT2D eigenvalue weighted by Gasteiger charge is 2.29. The minimum absolute atomic E-state index is 0.0153. The number of carbonyl (C=O) groups is 2. The van der Waals surface area contributed by atoms with Crippen molar-refractivity contribution in [2.45, 2.75) is 69.2 Å². The van der Waals surface area contributed by atoms with Gasteiger partial charge in [-0.3, -0.25) is 14.9 Å². The summed E-state index contributed by atoms with van der Waals surface area (Å²) in [5.41, 5.74) is 0. The molecule has 0 bridgehead atoms. The molecule has 3 rings (SSSR count). The normalized spacial score (nSPS) is 20.3. The number of sulfonamides is 1. The van der Waals surface area contributed by atoms with Crippen LogP contribution in [0.25, 0.3) is 0 Å². The Kier molecular flexibility index (Phi) is 7.46. The first kappa shape index (κ1) is 22.7. The number of hydrogen-bond acceptors (Lipinski definition) is 5. The van der Waals surface area contributed by atoms with E-state index in [1.165, 1.54) is 12.1 Å². The van der Waals surface area contributed by atoms with Gasteiger partial charge in [-0.1, -0.05) is 19.3 Å². The Balaban J connectivity index is 1.42. The summed E-state index contributed by atoms with van der Waals surface area (Å²) >= 11 is 0. The van der Waals surface area contributed by atoms with Crippen LogP contribution in [-0.2, 0) is 19.6 Å². The molecule has 0 aromatic heterocycles. The summed E-state index contributed by atoms with van der Waals surface area (Å²) in [4.78, 5) is 22.7. The standard InChI is InChI=1S/C21H29FN2O5S/c1-14(5-3-2-4-6-16-11-20(25)23-21(16)26)24-30(27,28)17-9-10-18(22)19(12-17)29-13-15-7-8-15/h9-10,12,14-16,24H,2-8,11,13H2,1H3,(H,23,25,26)/t14-,16?/m0/s1. The molecule has 30 heavy (non-hydrogen) atoms. The van der Waals surface area contributed by atoms with Crippen LogP contribution in [0.4, 0.5) is 4.39 Å². The third kappa shape index (κ3) is 6.50. The lowest BCUT2D eigenvalue weighted by Crippen LogP contribution is -2.32. The molecule has 1 aliphatic heterocycles. The van der Waals surface area contributed by atoms with Gasteiger partial charge in [0.05, 0.1) is 11.5 Å². The minimum Gasteiger partial charge on any atom is -0.490 e. The van der Waals surface area contributed by atoms with Gasteiger partial charge < -0.3 is 4.74 Å². The molecule has 1 saturated heterocycles.